The van der Waals surface area contributed by atoms with Crippen LogP contribution in [0.4, 0.5) is 0 Å². The summed E-state index contributed by atoms with van der Waals surface area (Å²) in [6.45, 7) is 7.25. The molecule has 5 heteroatoms. The number of likely N-dealkylation sites (N-methyl/N-ethyl adjacent to an activating group) is 1. The van der Waals surface area contributed by atoms with Gasteiger partial charge in [-0.1, -0.05) is 12.7 Å². The molecule has 0 heterocycles. The highest BCUT2D eigenvalue weighted by molar-refractivity contribution is 5.92. The van der Waals surface area contributed by atoms with Crippen LogP contribution >= 0.6 is 0 Å². The third kappa shape index (κ3) is 10.7. The van der Waals surface area contributed by atoms with Crippen molar-refractivity contribution < 1.29 is 9.59 Å². The highest BCUT2D eigenvalue weighted by Crippen LogP contribution is 1.97. The van der Waals surface area contributed by atoms with Crippen LogP contribution in [0.25, 0.3) is 0 Å². The van der Waals surface area contributed by atoms with Gasteiger partial charge in [-0.2, -0.15) is 0 Å². The van der Waals surface area contributed by atoms with Crippen LogP contribution in [0.15, 0.2) is 23.8 Å². The molecule has 0 bridgehead atoms. The molecular weight excluding hydrogens is 218 g/mol. The van der Waals surface area contributed by atoms with E-state index in [2.05, 4.69) is 6.58 Å². The van der Waals surface area contributed by atoms with E-state index >= 15 is 0 Å². The maximum Gasteiger partial charge on any atom is 0.248 e. The average molecular weight is 241 g/mol. The molecule has 0 unspecified atom stereocenters. The molecule has 0 atom stereocenters. The Labute approximate surface area is 103 Å². The molecule has 0 radical (unpaired) electrons. The second kappa shape index (κ2) is 9.59. The van der Waals surface area contributed by atoms with Crippen molar-refractivity contribution in [1.29, 1.82) is 0 Å². The lowest BCUT2D eigenvalue weighted by Gasteiger charge is -2.09. The van der Waals surface area contributed by atoms with Gasteiger partial charge in [0, 0.05) is 25.2 Å². The minimum Gasteiger partial charge on any atom is -0.366 e. The molecular formula is C12H23N3O2. The third-order valence-corrected chi connectivity index (χ3v) is 1.78. The molecule has 98 valence electrons. The normalized spacial score (nSPS) is 10.1. The van der Waals surface area contributed by atoms with Gasteiger partial charge in [0.1, 0.15) is 0 Å². The average Bonchev–Trinajstić information content (AvgIpc) is 2.25. The lowest BCUT2D eigenvalue weighted by atomic mass is 10.2. The Kier molecular flexibility index (Phi) is 10.0. The fraction of sp³-hybridized carbons (Fsp3) is 0.500. The van der Waals surface area contributed by atoms with E-state index in [1.54, 1.807) is 32.8 Å². The van der Waals surface area contributed by atoms with Crippen LogP contribution in [0.1, 0.15) is 20.3 Å². The number of nitrogens with zero attached hydrogens (tertiary/aromatic N) is 1. The first-order valence-electron chi connectivity index (χ1n) is 5.27. The zero-order valence-electron chi connectivity index (χ0n) is 11.1. The molecule has 0 aliphatic rings. The number of amides is 2. The molecule has 0 spiro atoms. The lowest BCUT2D eigenvalue weighted by Crippen LogP contribution is -2.22. The Hall–Kier alpha value is -1.62. The van der Waals surface area contributed by atoms with Gasteiger partial charge in [0.05, 0.1) is 0 Å². The largest absolute Gasteiger partial charge is 0.366 e. The fourth-order valence-electron chi connectivity index (χ4n) is 0.740. The standard InChI is InChI=1S/C8H16N2O.C4H7NO/c1-7(5-4-6-9)8(11)10(2)3;1-3(2)4(5)6/h5H,4,6,9H2,1-3H3;1H2,2H3,(H2,5,6). The van der Waals surface area contributed by atoms with Crippen LogP contribution < -0.4 is 11.5 Å². The molecule has 0 fully saturated rings. The van der Waals surface area contributed by atoms with Gasteiger partial charge in [0.2, 0.25) is 11.8 Å². The van der Waals surface area contributed by atoms with Crippen LogP contribution in [0.3, 0.4) is 0 Å². The number of carbonyl (C=O) groups is 2. The molecule has 0 aliphatic carbocycles. The maximum atomic E-state index is 11.2. The zero-order valence-corrected chi connectivity index (χ0v) is 11.1. The van der Waals surface area contributed by atoms with E-state index in [0.29, 0.717) is 12.1 Å². The predicted molar refractivity (Wildman–Crippen MR) is 70.1 cm³/mol. The smallest absolute Gasteiger partial charge is 0.248 e. The van der Waals surface area contributed by atoms with E-state index in [0.717, 1.165) is 12.0 Å². The first-order chi connectivity index (χ1) is 7.73. The molecule has 0 saturated carbocycles. The second-order valence-electron chi connectivity index (χ2n) is 3.81. The van der Waals surface area contributed by atoms with E-state index in [4.69, 9.17) is 11.5 Å². The first-order valence-corrected chi connectivity index (χ1v) is 5.27. The summed E-state index contributed by atoms with van der Waals surface area (Å²) < 4.78 is 0. The van der Waals surface area contributed by atoms with Crippen LogP contribution in [-0.2, 0) is 9.59 Å². The van der Waals surface area contributed by atoms with Crippen molar-refractivity contribution in [3.63, 3.8) is 0 Å². The van der Waals surface area contributed by atoms with Gasteiger partial charge in [-0.05, 0) is 26.8 Å². The van der Waals surface area contributed by atoms with Gasteiger partial charge in [-0.15, -0.1) is 0 Å². The van der Waals surface area contributed by atoms with Gasteiger partial charge < -0.3 is 16.4 Å². The van der Waals surface area contributed by atoms with Crippen LogP contribution in [0.5, 0.6) is 0 Å². The molecule has 0 aromatic heterocycles. The van der Waals surface area contributed by atoms with Crippen molar-refractivity contribution in [1.82, 2.24) is 4.90 Å². The summed E-state index contributed by atoms with van der Waals surface area (Å²) in [7, 11) is 3.48. The van der Waals surface area contributed by atoms with Crippen molar-refractivity contribution in [3.8, 4) is 0 Å². The molecule has 5 nitrogen and oxygen atoms in total. The third-order valence-electron chi connectivity index (χ3n) is 1.78. The molecule has 0 saturated heterocycles. The Morgan fingerprint density at radius 1 is 1.29 bits per heavy atom. The highest BCUT2D eigenvalue weighted by Gasteiger charge is 2.04. The molecule has 0 aromatic carbocycles. The van der Waals surface area contributed by atoms with Crippen molar-refractivity contribution in [2.75, 3.05) is 20.6 Å². The Bertz CT molecular complexity index is 295. The van der Waals surface area contributed by atoms with E-state index in [1.165, 1.54) is 0 Å². The zero-order chi connectivity index (χ0) is 14.0. The Morgan fingerprint density at radius 3 is 1.94 bits per heavy atom. The number of nitrogens with two attached hydrogens (primary N) is 2. The molecule has 4 N–H and O–H groups in total. The predicted octanol–water partition coefficient (Wildman–Crippen LogP) is 0.418. The summed E-state index contributed by atoms with van der Waals surface area (Å²) >= 11 is 0. The van der Waals surface area contributed by atoms with Gasteiger partial charge in [0.15, 0.2) is 0 Å². The van der Waals surface area contributed by atoms with Crippen LogP contribution in [0.2, 0.25) is 0 Å². The van der Waals surface area contributed by atoms with Crippen molar-refractivity contribution in [2.24, 2.45) is 11.5 Å². The number of primary amides is 1. The summed E-state index contributed by atoms with van der Waals surface area (Å²) in [6.07, 6.45) is 2.63. The number of hydrogen-bond donors (Lipinski definition) is 2. The maximum absolute atomic E-state index is 11.2. The molecule has 17 heavy (non-hydrogen) atoms. The van der Waals surface area contributed by atoms with Crippen molar-refractivity contribution in [3.05, 3.63) is 23.8 Å². The Balaban J connectivity index is 0. The van der Waals surface area contributed by atoms with E-state index in [9.17, 15) is 9.59 Å². The highest BCUT2D eigenvalue weighted by atomic mass is 16.2. The van der Waals surface area contributed by atoms with Crippen LogP contribution in [0, 0.1) is 0 Å². The van der Waals surface area contributed by atoms with Gasteiger partial charge >= 0.3 is 0 Å². The summed E-state index contributed by atoms with van der Waals surface area (Å²) in [4.78, 5) is 22.5. The number of rotatable bonds is 4. The lowest BCUT2D eigenvalue weighted by molar-refractivity contribution is -0.124. The fourth-order valence-corrected chi connectivity index (χ4v) is 0.740. The van der Waals surface area contributed by atoms with E-state index in [1.807, 2.05) is 6.08 Å². The van der Waals surface area contributed by atoms with Gasteiger partial charge in [-0.3, -0.25) is 9.59 Å². The monoisotopic (exact) mass is 241 g/mol. The van der Waals surface area contributed by atoms with Gasteiger partial charge in [0.25, 0.3) is 0 Å². The summed E-state index contributed by atoms with van der Waals surface area (Å²) in [5.74, 6) is -0.381. The van der Waals surface area contributed by atoms with Crippen molar-refractivity contribution >= 4 is 11.8 Å². The molecule has 0 aliphatic heterocycles. The second-order valence-corrected chi connectivity index (χ2v) is 3.81. The summed E-state index contributed by atoms with van der Waals surface area (Å²) in [5, 5.41) is 0. The summed E-state index contributed by atoms with van der Waals surface area (Å²) in [5.41, 5.74) is 11.1. The first kappa shape index (κ1) is 17.8. The minimum atomic E-state index is -0.435. The molecule has 0 rings (SSSR count). The Morgan fingerprint density at radius 2 is 1.71 bits per heavy atom. The number of hydrogen-bond acceptors (Lipinski definition) is 3. The minimum absolute atomic E-state index is 0.0541. The van der Waals surface area contributed by atoms with Crippen LogP contribution in [-0.4, -0.2) is 37.4 Å². The SMILES string of the molecule is C=C(C)C(N)=O.CC(=CCCN)C(=O)N(C)C. The number of carbonyl (C=O) groups excluding carboxylic acids is 2. The van der Waals surface area contributed by atoms with Gasteiger partial charge in [-0.25, -0.2) is 0 Å². The van der Waals surface area contributed by atoms with E-state index in [-0.39, 0.29) is 5.91 Å². The van der Waals surface area contributed by atoms with Crippen molar-refractivity contribution in [2.45, 2.75) is 20.3 Å². The molecule has 2 amide bonds. The quantitative estimate of drug-likeness (QED) is 0.699. The summed E-state index contributed by atoms with van der Waals surface area (Å²) in [6, 6.07) is 0. The molecule has 0 aromatic rings. The topological polar surface area (TPSA) is 89.4 Å². The van der Waals surface area contributed by atoms with E-state index < -0.39 is 5.91 Å².